The number of furan rings is 1. The van der Waals surface area contributed by atoms with Crippen LogP contribution in [0.5, 0.6) is 5.75 Å². The number of ether oxygens (including phenoxy) is 1. The molecule has 33 heavy (non-hydrogen) atoms. The molecule has 1 atom stereocenters. The molecule has 4 rings (SSSR count). The number of carbonyl (C=O) groups is 1. The average Bonchev–Trinajstić information content (AvgIpc) is 3.33. The monoisotopic (exact) mass is 439 g/mol. The lowest BCUT2D eigenvalue weighted by Gasteiger charge is -2.26. The molecule has 1 aromatic heterocycles. The van der Waals surface area contributed by atoms with E-state index in [-0.39, 0.29) is 29.7 Å². The average molecular weight is 440 g/mol. The van der Waals surface area contributed by atoms with Crippen molar-refractivity contribution in [3.63, 3.8) is 0 Å². The molecule has 0 aliphatic rings. The molecule has 4 heteroatoms. The van der Waals surface area contributed by atoms with Crippen LogP contribution in [-0.4, -0.2) is 5.91 Å². The second-order valence-corrected chi connectivity index (χ2v) is 8.68. The van der Waals surface area contributed by atoms with Crippen LogP contribution in [0.4, 0.5) is 0 Å². The molecule has 0 saturated heterocycles. The Hall–Kier alpha value is -3.79. The molecule has 0 spiro atoms. The van der Waals surface area contributed by atoms with E-state index in [4.69, 9.17) is 9.15 Å². The van der Waals surface area contributed by atoms with Crippen molar-refractivity contribution in [3.8, 4) is 5.75 Å². The van der Waals surface area contributed by atoms with Gasteiger partial charge in [0.05, 0.1) is 6.04 Å². The number of carbonyl (C=O) groups excluding carboxylic acids is 1. The summed E-state index contributed by atoms with van der Waals surface area (Å²) < 4.78 is 11.6. The Kier molecular flexibility index (Phi) is 6.64. The van der Waals surface area contributed by atoms with Gasteiger partial charge in [-0.1, -0.05) is 86.6 Å². The minimum absolute atomic E-state index is 0.0973. The first-order valence-electron chi connectivity index (χ1n) is 11.2. The first kappa shape index (κ1) is 22.4. The largest absolute Gasteiger partial charge is 0.486 e. The summed E-state index contributed by atoms with van der Waals surface area (Å²) in [5.74, 6) is 1.38. The fourth-order valence-corrected chi connectivity index (χ4v) is 3.81. The Balaban J connectivity index is 1.34. The van der Waals surface area contributed by atoms with E-state index in [9.17, 15) is 4.79 Å². The Morgan fingerprint density at radius 1 is 0.848 bits per heavy atom. The van der Waals surface area contributed by atoms with Gasteiger partial charge in [0, 0.05) is 5.41 Å². The molecule has 1 unspecified atom stereocenters. The first-order valence-corrected chi connectivity index (χ1v) is 11.2. The number of hydrogen-bond acceptors (Lipinski definition) is 3. The number of hydrogen-bond donors (Lipinski definition) is 1. The second kappa shape index (κ2) is 9.78. The molecule has 168 valence electrons. The number of benzene rings is 3. The maximum absolute atomic E-state index is 12.5. The fourth-order valence-electron chi connectivity index (χ4n) is 3.81. The van der Waals surface area contributed by atoms with Gasteiger partial charge in [0.2, 0.25) is 0 Å². The van der Waals surface area contributed by atoms with Crippen LogP contribution in [0, 0.1) is 0 Å². The molecule has 1 heterocycles. The molecule has 1 N–H and O–H groups in total. The predicted molar refractivity (Wildman–Crippen MR) is 130 cm³/mol. The van der Waals surface area contributed by atoms with Crippen molar-refractivity contribution in [1.82, 2.24) is 5.32 Å². The van der Waals surface area contributed by atoms with Gasteiger partial charge in [0.1, 0.15) is 18.1 Å². The van der Waals surface area contributed by atoms with E-state index < -0.39 is 0 Å². The summed E-state index contributed by atoms with van der Waals surface area (Å²) >= 11 is 0. The van der Waals surface area contributed by atoms with Crippen LogP contribution in [0.25, 0.3) is 0 Å². The van der Waals surface area contributed by atoms with Crippen LogP contribution in [0.2, 0.25) is 0 Å². The molecule has 0 fully saturated rings. The molecule has 0 aliphatic carbocycles. The maximum atomic E-state index is 12.5. The van der Waals surface area contributed by atoms with Crippen molar-refractivity contribution >= 4 is 5.91 Å². The minimum Gasteiger partial charge on any atom is -0.486 e. The zero-order valence-corrected chi connectivity index (χ0v) is 19.2. The summed E-state index contributed by atoms with van der Waals surface area (Å²) in [5, 5.41) is 2.96. The summed E-state index contributed by atoms with van der Waals surface area (Å²) in [6.07, 6.45) is 0. The van der Waals surface area contributed by atoms with Gasteiger partial charge in [-0.15, -0.1) is 0 Å². The van der Waals surface area contributed by atoms with Crippen molar-refractivity contribution in [2.24, 2.45) is 0 Å². The summed E-state index contributed by atoms with van der Waals surface area (Å²) in [7, 11) is 0. The third-order valence-electron chi connectivity index (χ3n) is 5.99. The summed E-state index contributed by atoms with van der Waals surface area (Å²) in [5.41, 5.74) is 3.42. The fraction of sp³-hybridized carbons (Fsp3) is 0.207. The third kappa shape index (κ3) is 5.35. The van der Waals surface area contributed by atoms with E-state index >= 15 is 0 Å². The smallest absolute Gasteiger partial charge is 0.287 e. The minimum atomic E-state index is -0.245. The van der Waals surface area contributed by atoms with E-state index in [1.807, 2.05) is 55.5 Å². The Morgan fingerprint density at radius 3 is 2.12 bits per heavy atom. The van der Waals surface area contributed by atoms with Crippen molar-refractivity contribution < 1.29 is 13.9 Å². The maximum Gasteiger partial charge on any atom is 0.287 e. The molecule has 0 aliphatic heterocycles. The van der Waals surface area contributed by atoms with Crippen LogP contribution < -0.4 is 10.1 Å². The Labute approximate surface area is 195 Å². The highest BCUT2D eigenvalue weighted by Gasteiger charge is 2.22. The van der Waals surface area contributed by atoms with Crippen molar-refractivity contribution in [2.75, 3.05) is 0 Å². The highest BCUT2D eigenvalue weighted by atomic mass is 16.5. The molecular weight excluding hydrogens is 410 g/mol. The highest BCUT2D eigenvalue weighted by Crippen LogP contribution is 2.32. The molecule has 0 saturated carbocycles. The van der Waals surface area contributed by atoms with E-state index in [0.717, 1.165) is 11.3 Å². The van der Waals surface area contributed by atoms with Gasteiger partial charge in [-0.2, -0.15) is 0 Å². The number of rotatable bonds is 8. The van der Waals surface area contributed by atoms with Crippen LogP contribution in [0.1, 0.15) is 59.8 Å². The lowest BCUT2D eigenvalue weighted by molar-refractivity contribution is 0.0907. The Morgan fingerprint density at radius 2 is 1.45 bits per heavy atom. The molecule has 0 radical (unpaired) electrons. The van der Waals surface area contributed by atoms with Crippen LogP contribution in [-0.2, 0) is 12.0 Å². The summed E-state index contributed by atoms with van der Waals surface area (Å²) in [6.45, 7) is 6.63. The normalized spacial score (nSPS) is 12.2. The van der Waals surface area contributed by atoms with E-state index in [0.29, 0.717) is 5.76 Å². The van der Waals surface area contributed by atoms with Gasteiger partial charge < -0.3 is 14.5 Å². The SMILES string of the molecule is CC(NC(=O)c1ccc(COc2ccc(C(C)(C)c3ccccc3)cc2)o1)c1ccccc1. The van der Waals surface area contributed by atoms with Gasteiger partial charge in [-0.3, -0.25) is 4.79 Å². The van der Waals surface area contributed by atoms with Crippen LogP contribution in [0.15, 0.2) is 101 Å². The number of amides is 1. The third-order valence-corrected chi connectivity index (χ3v) is 5.99. The lowest BCUT2D eigenvalue weighted by atomic mass is 9.78. The van der Waals surface area contributed by atoms with E-state index in [1.165, 1.54) is 11.1 Å². The highest BCUT2D eigenvalue weighted by molar-refractivity contribution is 5.91. The van der Waals surface area contributed by atoms with E-state index in [2.05, 4.69) is 55.6 Å². The molecule has 1 amide bonds. The van der Waals surface area contributed by atoms with Crippen LogP contribution >= 0.6 is 0 Å². The zero-order chi connectivity index (χ0) is 23.3. The van der Waals surface area contributed by atoms with Gasteiger partial charge >= 0.3 is 0 Å². The van der Waals surface area contributed by atoms with Gasteiger partial charge in [-0.25, -0.2) is 0 Å². The zero-order valence-electron chi connectivity index (χ0n) is 19.2. The van der Waals surface area contributed by atoms with Gasteiger partial charge in [-0.05, 0) is 47.9 Å². The van der Waals surface area contributed by atoms with Gasteiger partial charge in [0.25, 0.3) is 5.91 Å². The lowest BCUT2D eigenvalue weighted by Crippen LogP contribution is -2.26. The van der Waals surface area contributed by atoms with E-state index in [1.54, 1.807) is 12.1 Å². The van der Waals surface area contributed by atoms with Crippen LogP contribution in [0.3, 0.4) is 0 Å². The summed E-state index contributed by atoms with van der Waals surface area (Å²) in [6, 6.07) is 31.8. The molecular formula is C29H29NO3. The van der Waals surface area contributed by atoms with Gasteiger partial charge in [0.15, 0.2) is 5.76 Å². The molecule has 4 aromatic rings. The molecule has 4 nitrogen and oxygen atoms in total. The number of nitrogens with one attached hydrogen (secondary N) is 1. The quantitative estimate of drug-likeness (QED) is 0.333. The first-order chi connectivity index (χ1) is 15.9. The van der Waals surface area contributed by atoms with Crippen molar-refractivity contribution in [2.45, 2.75) is 38.8 Å². The molecule has 0 bridgehead atoms. The topological polar surface area (TPSA) is 51.5 Å². The second-order valence-electron chi connectivity index (χ2n) is 8.68. The van der Waals surface area contributed by atoms with Crippen molar-refractivity contribution in [1.29, 1.82) is 0 Å². The summed E-state index contributed by atoms with van der Waals surface area (Å²) in [4.78, 5) is 12.5. The molecule has 3 aromatic carbocycles. The standard InChI is InChI=1S/C29H29NO3/c1-21(22-10-6-4-7-11-22)30-28(31)27-19-18-26(33-27)20-32-25-16-14-24(15-17-25)29(2,3)23-12-8-5-9-13-23/h4-19,21H,20H2,1-3H3,(H,30,31). The Bertz CT molecular complexity index is 1180. The predicted octanol–water partition coefficient (Wildman–Crippen LogP) is 6.68. The van der Waals surface area contributed by atoms with Crippen molar-refractivity contribution in [3.05, 3.63) is 125 Å².